The SMILES string of the molecule is CC1=C(C)C[C@]2(C(=O)O[C@H]3CCCC[C@@H]32)S(=O)C1. The summed E-state index contributed by atoms with van der Waals surface area (Å²) in [5.41, 5.74) is 2.42. The molecule has 4 atom stereocenters. The van der Waals surface area contributed by atoms with E-state index in [0.29, 0.717) is 12.2 Å². The minimum atomic E-state index is -1.11. The lowest BCUT2D eigenvalue weighted by Gasteiger charge is -2.37. The Morgan fingerprint density at radius 1 is 1.22 bits per heavy atom. The van der Waals surface area contributed by atoms with Crippen molar-refractivity contribution in [2.24, 2.45) is 5.92 Å². The maximum absolute atomic E-state index is 12.6. The zero-order valence-corrected chi connectivity index (χ0v) is 11.8. The van der Waals surface area contributed by atoms with Crippen molar-refractivity contribution in [3.8, 4) is 0 Å². The van der Waals surface area contributed by atoms with Crippen molar-refractivity contribution in [3.63, 3.8) is 0 Å². The Morgan fingerprint density at radius 2 is 1.94 bits per heavy atom. The summed E-state index contributed by atoms with van der Waals surface area (Å²) >= 11 is 0. The number of allylic oxidation sites excluding steroid dienone is 1. The van der Waals surface area contributed by atoms with Gasteiger partial charge in [-0.3, -0.25) is 9.00 Å². The van der Waals surface area contributed by atoms with E-state index in [1.165, 1.54) is 11.1 Å². The molecule has 3 aliphatic rings. The quantitative estimate of drug-likeness (QED) is 0.500. The number of hydrogen-bond acceptors (Lipinski definition) is 3. The Labute approximate surface area is 110 Å². The largest absolute Gasteiger partial charge is 0.461 e. The van der Waals surface area contributed by atoms with E-state index in [1.807, 2.05) is 6.92 Å². The van der Waals surface area contributed by atoms with Crippen LogP contribution in [-0.2, 0) is 20.3 Å². The Kier molecular flexibility index (Phi) is 2.88. The molecule has 1 spiro atoms. The smallest absolute Gasteiger partial charge is 0.325 e. The van der Waals surface area contributed by atoms with Gasteiger partial charge in [-0.2, -0.15) is 0 Å². The Bertz CT molecular complexity index is 454. The highest BCUT2D eigenvalue weighted by Crippen LogP contribution is 2.49. The number of carbonyl (C=O) groups is 1. The van der Waals surface area contributed by atoms with Crippen LogP contribution < -0.4 is 0 Å². The molecule has 0 aromatic heterocycles. The van der Waals surface area contributed by atoms with Gasteiger partial charge in [0.05, 0.1) is 0 Å². The van der Waals surface area contributed by atoms with Gasteiger partial charge < -0.3 is 4.74 Å². The summed E-state index contributed by atoms with van der Waals surface area (Å²) in [6.45, 7) is 4.09. The van der Waals surface area contributed by atoms with Crippen LogP contribution in [0, 0.1) is 5.92 Å². The predicted molar refractivity (Wildman–Crippen MR) is 70.6 cm³/mol. The standard InChI is InChI=1S/C14H20O3S/c1-9-7-14(18(16)8-10(9)2)11-5-3-4-6-12(11)17-13(14)15/h11-12H,3-8H2,1-2H3/t11-,12-,14-,18?/m0/s1. The molecule has 3 nitrogen and oxygen atoms in total. The molecule has 1 unspecified atom stereocenters. The molecule has 1 saturated carbocycles. The third-order valence-corrected chi connectivity index (χ3v) is 7.04. The first-order valence-corrected chi connectivity index (χ1v) is 8.12. The van der Waals surface area contributed by atoms with Gasteiger partial charge in [0.2, 0.25) is 0 Å². The van der Waals surface area contributed by atoms with E-state index in [-0.39, 0.29) is 18.0 Å². The van der Waals surface area contributed by atoms with Crippen LogP contribution in [-0.4, -0.2) is 26.8 Å². The van der Waals surface area contributed by atoms with Gasteiger partial charge in [0.25, 0.3) is 0 Å². The van der Waals surface area contributed by atoms with Crippen LogP contribution >= 0.6 is 0 Å². The number of ether oxygens (including phenoxy) is 1. The van der Waals surface area contributed by atoms with E-state index in [2.05, 4.69) is 6.92 Å². The van der Waals surface area contributed by atoms with Gasteiger partial charge in [-0.05, 0) is 39.5 Å². The molecular formula is C14H20O3S. The first-order chi connectivity index (χ1) is 8.55. The number of fused-ring (bicyclic) bond motifs is 2. The Hall–Kier alpha value is -0.640. The van der Waals surface area contributed by atoms with Gasteiger partial charge in [-0.25, -0.2) is 0 Å². The van der Waals surface area contributed by atoms with Gasteiger partial charge in [0.15, 0.2) is 4.75 Å². The van der Waals surface area contributed by atoms with Crippen LogP contribution in [0.3, 0.4) is 0 Å². The molecule has 18 heavy (non-hydrogen) atoms. The van der Waals surface area contributed by atoms with Crippen LogP contribution in [0.4, 0.5) is 0 Å². The Balaban J connectivity index is 2.03. The minimum Gasteiger partial charge on any atom is -0.461 e. The molecule has 0 N–H and O–H groups in total. The lowest BCUT2D eigenvalue weighted by atomic mass is 9.76. The zero-order chi connectivity index (χ0) is 12.9. The molecule has 0 amide bonds. The third kappa shape index (κ3) is 1.54. The lowest BCUT2D eigenvalue weighted by Crippen LogP contribution is -2.50. The summed E-state index contributed by atoms with van der Waals surface area (Å²) in [6.07, 6.45) is 4.89. The van der Waals surface area contributed by atoms with E-state index in [9.17, 15) is 9.00 Å². The topological polar surface area (TPSA) is 43.4 Å². The van der Waals surface area contributed by atoms with E-state index in [4.69, 9.17) is 4.74 Å². The molecule has 4 heteroatoms. The fourth-order valence-corrected chi connectivity index (χ4v) is 5.81. The van der Waals surface area contributed by atoms with Crippen LogP contribution in [0.2, 0.25) is 0 Å². The van der Waals surface area contributed by atoms with Gasteiger partial charge >= 0.3 is 5.97 Å². The van der Waals surface area contributed by atoms with Crippen molar-refractivity contribution in [1.82, 2.24) is 0 Å². The molecule has 2 fully saturated rings. The summed E-state index contributed by atoms with van der Waals surface area (Å²) in [6, 6.07) is 0. The summed E-state index contributed by atoms with van der Waals surface area (Å²) in [7, 11) is -1.11. The van der Waals surface area contributed by atoms with Gasteiger partial charge in [0, 0.05) is 22.5 Å². The van der Waals surface area contributed by atoms with Crippen molar-refractivity contribution in [2.75, 3.05) is 5.75 Å². The van der Waals surface area contributed by atoms with Crippen LogP contribution in [0.1, 0.15) is 46.0 Å². The summed E-state index contributed by atoms with van der Waals surface area (Å²) in [5, 5.41) is 0. The summed E-state index contributed by atoms with van der Waals surface area (Å²) in [4.78, 5) is 12.3. The molecule has 2 aliphatic heterocycles. The molecular weight excluding hydrogens is 248 g/mol. The van der Waals surface area contributed by atoms with Gasteiger partial charge in [-0.1, -0.05) is 17.6 Å². The monoisotopic (exact) mass is 268 g/mol. The first kappa shape index (κ1) is 12.4. The fourth-order valence-electron chi connectivity index (χ4n) is 3.70. The second-order valence-electron chi connectivity index (χ2n) is 5.95. The van der Waals surface area contributed by atoms with Crippen LogP contribution in [0.5, 0.6) is 0 Å². The number of hydrogen-bond donors (Lipinski definition) is 0. The number of carbonyl (C=O) groups excluding carboxylic acids is 1. The molecule has 0 radical (unpaired) electrons. The van der Waals surface area contributed by atoms with Crippen molar-refractivity contribution in [1.29, 1.82) is 0 Å². The molecule has 0 aromatic carbocycles. The minimum absolute atomic E-state index is 0.0291. The number of esters is 1. The highest BCUT2D eigenvalue weighted by atomic mass is 32.2. The highest BCUT2D eigenvalue weighted by Gasteiger charge is 2.62. The Morgan fingerprint density at radius 3 is 2.72 bits per heavy atom. The first-order valence-electron chi connectivity index (χ1n) is 6.80. The highest BCUT2D eigenvalue weighted by molar-refractivity contribution is 7.87. The average Bonchev–Trinajstić information content (AvgIpc) is 2.61. The van der Waals surface area contributed by atoms with Crippen molar-refractivity contribution >= 4 is 16.8 Å². The summed E-state index contributed by atoms with van der Waals surface area (Å²) < 4.78 is 17.5. The van der Waals surface area contributed by atoms with Crippen molar-refractivity contribution in [3.05, 3.63) is 11.1 Å². The van der Waals surface area contributed by atoms with E-state index >= 15 is 0 Å². The second-order valence-corrected chi connectivity index (χ2v) is 7.66. The van der Waals surface area contributed by atoms with E-state index < -0.39 is 15.5 Å². The zero-order valence-electron chi connectivity index (χ0n) is 11.0. The van der Waals surface area contributed by atoms with Crippen molar-refractivity contribution in [2.45, 2.75) is 56.8 Å². The maximum atomic E-state index is 12.6. The summed E-state index contributed by atoms with van der Waals surface area (Å²) in [5.74, 6) is 0.539. The number of rotatable bonds is 0. The van der Waals surface area contributed by atoms with E-state index in [1.54, 1.807) is 0 Å². The van der Waals surface area contributed by atoms with Gasteiger partial charge in [-0.15, -0.1) is 0 Å². The lowest BCUT2D eigenvalue weighted by molar-refractivity contribution is -0.143. The third-order valence-electron chi connectivity index (χ3n) is 4.92. The molecule has 1 saturated heterocycles. The molecule has 100 valence electrons. The second kappa shape index (κ2) is 4.19. The van der Waals surface area contributed by atoms with E-state index in [0.717, 1.165) is 25.7 Å². The maximum Gasteiger partial charge on any atom is 0.325 e. The van der Waals surface area contributed by atoms with Gasteiger partial charge in [0.1, 0.15) is 6.10 Å². The molecule has 0 bridgehead atoms. The van der Waals surface area contributed by atoms with Crippen LogP contribution in [0.15, 0.2) is 11.1 Å². The average molecular weight is 268 g/mol. The normalized spacial score (nSPS) is 44.1. The predicted octanol–water partition coefficient (Wildman–Crippen LogP) is 2.33. The van der Waals surface area contributed by atoms with Crippen molar-refractivity contribution < 1.29 is 13.7 Å². The molecule has 2 heterocycles. The molecule has 3 rings (SSSR count). The van der Waals surface area contributed by atoms with Crippen LogP contribution in [0.25, 0.3) is 0 Å². The molecule has 1 aliphatic carbocycles. The molecule has 0 aromatic rings. The fraction of sp³-hybridized carbons (Fsp3) is 0.786.